The summed E-state index contributed by atoms with van der Waals surface area (Å²) >= 11 is 0. The predicted octanol–water partition coefficient (Wildman–Crippen LogP) is -1.49. The topological polar surface area (TPSA) is 290 Å². The minimum absolute atomic E-state index is 0.00649. The molecule has 0 radical (unpaired) electrons. The number of H-pyrrole nitrogens is 1. The van der Waals surface area contributed by atoms with E-state index in [1.807, 2.05) is 0 Å². The average molecular weight is 641 g/mol. The van der Waals surface area contributed by atoms with E-state index in [1.165, 1.54) is 17.8 Å². The molecule has 44 heavy (non-hydrogen) atoms. The van der Waals surface area contributed by atoms with Crippen LogP contribution in [0, 0.1) is 0 Å². The van der Waals surface area contributed by atoms with Gasteiger partial charge < -0.3 is 35.3 Å². The van der Waals surface area contributed by atoms with E-state index in [-0.39, 0.29) is 42.5 Å². The molecule has 0 saturated carbocycles. The van der Waals surface area contributed by atoms with Crippen molar-refractivity contribution in [3.63, 3.8) is 0 Å². The van der Waals surface area contributed by atoms with Crippen LogP contribution < -0.4 is 22.7 Å². The molecule has 0 aliphatic carbocycles. The molecule has 5 rings (SSSR count). The molecule has 0 bridgehead atoms. The fourth-order valence-electron chi connectivity index (χ4n) is 4.77. The van der Waals surface area contributed by atoms with E-state index in [1.54, 1.807) is 0 Å². The number of nitrogens with zero attached hydrogens (tertiary/aromatic N) is 6. The molecule has 22 heteroatoms. The van der Waals surface area contributed by atoms with Gasteiger partial charge in [-0.2, -0.15) is 9.97 Å². The normalized spacial score (nSPS) is 26.4. The minimum atomic E-state index is -4.88. The molecule has 0 aromatic carbocycles. The number of rotatable bonds is 10. The van der Waals surface area contributed by atoms with E-state index in [0.717, 1.165) is 17.8 Å². The van der Waals surface area contributed by atoms with Crippen molar-refractivity contribution in [2.24, 2.45) is 0 Å². The zero-order valence-electron chi connectivity index (χ0n) is 23.2. The van der Waals surface area contributed by atoms with Crippen LogP contribution in [0.25, 0.3) is 11.2 Å². The van der Waals surface area contributed by atoms with Crippen LogP contribution in [-0.2, 0) is 42.1 Å². The number of nitrogens with one attached hydrogen (secondary N) is 1. The van der Waals surface area contributed by atoms with Crippen molar-refractivity contribution in [1.82, 2.24) is 34.1 Å². The molecule has 0 spiro atoms. The minimum Gasteiger partial charge on any atom is -0.463 e. The Morgan fingerprint density at radius 2 is 1.68 bits per heavy atom. The third-order valence-corrected chi connectivity index (χ3v) is 7.63. The molecule has 2 saturated heterocycles. The molecule has 2 aliphatic heterocycles. The summed E-state index contributed by atoms with van der Waals surface area (Å²) in [6.45, 7) is 1.38. The van der Waals surface area contributed by atoms with E-state index >= 15 is 0 Å². The van der Waals surface area contributed by atoms with Gasteiger partial charge in [0.05, 0.1) is 12.9 Å². The SMILES string of the molecule is CC(=O)OC[C@H]1O[C@@H](n2cnc(N)nc2=O)C[C@H]1OP(=O)(O)OC[C@H]1O[C@@H](n2cnc3c(=O)[nH]c(N)nc32)C[C@@H]1OC(C)=O. The molecule has 6 N–H and O–H groups in total. The second-order valence-electron chi connectivity index (χ2n) is 9.77. The van der Waals surface area contributed by atoms with E-state index in [4.69, 9.17) is 39.5 Å². The number of nitrogens with two attached hydrogens (primary N) is 2. The van der Waals surface area contributed by atoms with Crippen LogP contribution in [0.3, 0.4) is 0 Å². The van der Waals surface area contributed by atoms with Crippen molar-refractivity contribution in [2.45, 2.75) is 63.6 Å². The summed E-state index contributed by atoms with van der Waals surface area (Å²) in [4.78, 5) is 75.9. The lowest BCUT2D eigenvalue weighted by Gasteiger charge is -2.23. The number of phosphoric ester groups is 1. The monoisotopic (exact) mass is 641 g/mol. The Kier molecular flexibility index (Phi) is 8.77. The summed E-state index contributed by atoms with van der Waals surface area (Å²) < 4.78 is 48.1. The number of aromatic nitrogens is 7. The van der Waals surface area contributed by atoms with Gasteiger partial charge in [-0.25, -0.2) is 19.3 Å². The molecule has 7 atom stereocenters. The Bertz CT molecular complexity index is 1730. The molecule has 1 unspecified atom stereocenters. The number of ether oxygens (including phenoxy) is 4. The van der Waals surface area contributed by atoms with Crippen LogP contribution in [0.4, 0.5) is 11.9 Å². The van der Waals surface area contributed by atoms with Gasteiger partial charge in [0.2, 0.25) is 11.9 Å². The smallest absolute Gasteiger partial charge is 0.463 e. The van der Waals surface area contributed by atoms with Crippen LogP contribution in [0.15, 0.2) is 22.2 Å². The highest BCUT2D eigenvalue weighted by Gasteiger charge is 2.45. The summed E-state index contributed by atoms with van der Waals surface area (Å²) in [5.41, 5.74) is 9.82. The fraction of sp³-hybridized carbons (Fsp3) is 0.545. The Morgan fingerprint density at radius 3 is 2.36 bits per heavy atom. The maximum atomic E-state index is 13.1. The molecule has 3 aromatic heterocycles. The first-order valence-corrected chi connectivity index (χ1v) is 14.5. The van der Waals surface area contributed by atoms with Crippen LogP contribution in [0.5, 0.6) is 0 Å². The quantitative estimate of drug-likeness (QED) is 0.145. The Morgan fingerprint density at radius 1 is 1.02 bits per heavy atom. The summed E-state index contributed by atoms with van der Waals surface area (Å²) in [5.74, 6) is -1.72. The first-order valence-electron chi connectivity index (χ1n) is 13.0. The lowest BCUT2D eigenvalue weighted by atomic mass is 10.2. The number of fused-ring (bicyclic) bond motifs is 1. The highest BCUT2D eigenvalue weighted by molar-refractivity contribution is 7.47. The van der Waals surface area contributed by atoms with Crippen molar-refractivity contribution < 1.29 is 47.0 Å². The number of anilines is 2. The molecule has 2 fully saturated rings. The second-order valence-corrected chi connectivity index (χ2v) is 11.2. The highest BCUT2D eigenvalue weighted by atomic mass is 31.2. The van der Waals surface area contributed by atoms with E-state index in [0.29, 0.717) is 0 Å². The maximum Gasteiger partial charge on any atom is 0.472 e. The van der Waals surface area contributed by atoms with Crippen LogP contribution in [0.1, 0.15) is 39.1 Å². The number of aromatic amines is 1. The van der Waals surface area contributed by atoms with Crippen molar-refractivity contribution in [3.8, 4) is 0 Å². The molecule has 5 heterocycles. The van der Waals surface area contributed by atoms with E-state index in [2.05, 4.69) is 24.9 Å². The Balaban J connectivity index is 1.29. The van der Waals surface area contributed by atoms with Gasteiger partial charge in [0.1, 0.15) is 49.8 Å². The first-order chi connectivity index (χ1) is 20.8. The molecule has 238 valence electrons. The van der Waals surface area contributed by atoms with Gasteiger partial charge in [-0.15, -0.1) is 0 Å². The zero-order valence-corrected chi connectivity index (χ0v) is 24.1. The van der Waals surface area contributed by atoms with Gasteiger partial charge in [0.15, 0.2) is 11.2 Å². The highest BCUT2D eigenvalue weighted by Crippen LogP contribution is 2.49. The zero-order chi connectivity index (χ0) is 31.8. The second kappa shape index (κ2) is 12.4. The van der Waals surface area contributed by atoms with Crippen molar-refractivity contribution in [3.05, 3.63) is 33.5 Å². The van der Waals surface area contributed by atoms with Crippen LogP contribution in [0.2, 0.25) is 0 Å². The number of carbonyl (C=O) groups excluding carboxylic acids is 2. The standard InChI is InChI=1S/C22H28N9O12P/c1-9(32)38-5-13-12(4-16(41-13)31-8-26-20(23)29-22(31)35)43-44(36,37)39-6-14-11(40-10(2)33)3-15(42-14)30-7-25-17-18(30)27-21(24)28-19(17)34/h7-8,11-16H,3-6H2,1-2H3,(H,36,37)(H2,23,29,35)(H3,24,27,28,34)/t11-,12+,13+,14+,15+,16+/m0/s1. The predicted molar refractivity (Wildman–Crippen MR) is 143 cm³/mol. The number of esters is 2. The molecule has 3 aromatic rings. The summed E-state index contributed by atoms with van der Waals surface area (Å²) in [5, 5.41) is 0. The fourth-order valence-corrected chi connectivity index (χ4v) is 5.73. The Hall–Kier alpha value is -4.27. The average Bonchev–Trinajstić information content (AvgIpc) is 3.63. The molecule has 2 aliphatic rings. The van der Waals surface area contributed by atoms with Crippen molar-refractivity contribution in [2.75, 3.05) is 24.7 Å². The van der Waals surface area contributed by atoms with E-state index in [9.17, 15) is 28.6 Å². The number of nitrogen functional groups attached to an aromatic ring is 2. The molecular weight excluding hydrogens is 613 g/mol. The van der Waals surface area contributed by atoms with Crippen LogP contribution in [-0.4, -0.2) is 88.5 Å². The summed E-state index contributed by atoms with van der Waals surface area (Å²) in [6.07, 6.45) is -3.96. The number of imidazole rings is 1. The largest absolute Gasteiger partial charge is 0.472 e. The van der Waals surface area contributed by atoms with Gasteiger partial charge >= 0.3 is 25.5 Å². The van der Waals surface area contributed by atoms with Gasteiger partial charge in [-0.05, 0) is 0 Å². The van der Waals surface area contributed by atoms with Gasteiger partial charge in [0.25, 0.3) is 5.56 Å². The van der Waals surface area contributed by atoms with Crippen molar-refractivity contribution in [1.29, 1.82) is 0 Å². The van der Waals surface area contributed by atoms with Crippen molar-refractivity contribution >= 4 is 42.8 Å². The van der Waals surface area contributed by atoms with Gasteiger partial charge in [-0.1, -0.05) is 0 Å². The number of hydrogen-bond donors (Lipinski definition) is 4. The number of hydrogen-bond acceptors (Lipinski definition) is 17. The summed E-state index contributed by atoms with van der Waals surface area (Å²) in [7, 11) is -4.88. The molecule has 0 amide bonds. The van der Waals surface area contributed by atoms with Crippen LogP contribution >= 0.6 is 7.82 Å². The molecule has 21 nitrogen and oxygen atoms in total. The lowest BCUT2D eigenvalue weighted by molar-refractivity contribution is -0.150. The first kappa shape index (κ1) is 31.2. The van der Waals surface area contributed by atoms with Gasteiger partial charge in [0, 0.05) is 26.7 Å². The van der Waals surface area contributed by atoms with E-state index < -0.39 is 74.5 Å². The third kappa shape index (κ3) is 6.93. The Labute approximate surface area is 246 Å². The third-order valence-electron chi connectivity index (χ3n) is 6.62. The number of carbonyl (C=O) groups is 2. The summed E-state index contributed by atoms with van der Waals surface area (Å²) in [6, 6.07) is 0. The number of phosphoric acid groups is 1. The maximum absolute atomic E-state index is 13.1. The lowest BCUT2D eigenvalue weighted by Crippen LogP contribution is -2.32. The molecular formula is C22H28N9O12P. The van der Waals surface area contributed by atoms with Gasteiger partial charge in [-0.3, -0.25) is 37.5 Å².